The summed E-state index contributed by atoms with van der Waals surface area (Å²) in [7, 11) is 0. The number of nitrogens with one attached hydrogen (secondary N) is 1. The Bertz CT molecular complexity index is 923. The van der Waals surface area contributed by atoms with Crippen molar-refractivity contribution in [1.82, 2.24) is 0 Å². The van der Waals surface area contributed by atoms with Crippen LogP contribution in [-0.4, -0.2) is 5.91 Å². The molecule has 1 amide bonds. The van der Waals surface area contributed by atoms with Gasteiger partial charge in [-0.2, -0.15) is 0 Å². The summed E-state index contributed by atoms with van der Waals surface area (Å²) in [6.45, 7) is 4.19. The van der Waals surface area contributed by atoms with Crippen molar-refractivity contribution in [3.05, 3.63) is 50.9 Å². The minimum atomic E-state index is -0.0794. The standard InChI is InChI=1S/C23H26ClNO2/c1-3-4-5-8-17-16-9-6-7-10-20(16)27-21(17)13-19-18-12-15(24)11-14(2)22(18)25-23(19)26/h11-13H,3-10H2,1-2H3,(H,25,26). The predicted octanol–water partition coefficient (Wildman–Crippen LogP) is 6.35. The van der Waals surface area contributed by atoms with Gasteiger partial charge in [0.15, 0.2) is 0 Å². The number of hydrogen-bond acceptors (Lipinski definition) is 2. The molecule has 2 aliphatic rings. The Balaban J connectivity index is 1.78. The summed E-state index contributed by atoms with van der Waals surface area (Å²) in [6.07, 6.45) is 11.0. The Morgan fingerprint density at radius 3 is 2.85 bits per heavy atom. The van der Waals surface area contributed by atoms with Crippen LogP contribution in [0.2, 0.25) is 5.02 Å². The molecule has 1 aliphatic heterocycles. The molecule has 0 spiro atoms. The van der Waals surface area contributed by atoms with Crippen LogP contribution in [0.3, 0.4) is 0 Å². The zero-order valence-corrected chi connectivity index (χ0v) is 16.8. The lowest BCUT2D eigenvalue weighted by molar-refractivity contribution is -0.110. The van der Waals surface area contributed by atoms with Gasteiger partial charge < -0.3 is 9.73 Å². The van der Waals surface area contributed by atoms with Crippen LogP contribution in [0, 0.1) is 6.92 Å². The number of hydrogen-bond donors (Lipinski definition) is 1. The molecule has 0 saturated carbocycles. The summed E-state index contributed by atoms with van der Waals surface area (Å²) >= 11 is 6.25. The van der Waals surface area contributed by atoms with E-state index < -0.39 is 0 Å². The van der Waals surface area contributed by atoms with Gasteiger partial charge in [-0.05, 0) is 68.4 Å². The topological polar surface area (TPSA) is 42.2 Å². The molecule has 1 aromatic carbocycles. The van der Waals surface area contributed by atoms with E-state index in [-0.39, 0.29) is 5.91 Å². The van der Waals surface area contributed by atoms with E-state index in [1.165, 1.54) is 36.8 Å². The number of halogens is 1. The van der Waals surface area contributed by atoms with Crippen LogP contribution >= 0.6 is 11.6 Å². The predicted molar refractivity (Wildman–Crippen MR) is 111 cm³/mol. The fourth-order valence-corrected chi connectivity index (χ4v) is 4.57. The van der Waals surface area contributed by atoms with Gasteiger partial charge in [0.1, 0.15) is 11.5 Å². The summed E-state index contributed by atoms with van der Waals surface area (Å²) in [6, 6.07) is 3.75. The number of aryl methyl sites for hydroxylation is 2. The average Bonchev–Trinajstić information content (AvgIpc) is 3.14. The van der Waals surface area contributed by atoms with E-state index >= 15 is 0 Å². The summed E-state index contributed by atoms with van der Waals surface area (Å²) in [5, 5.41) is 3.64. The number of rotatable bonds is 5. The highest BCUT2D eigenvalue weighted by molar-refractivity contribution is 6.37. The van der Waals surface area contributed by atoms with Gasteiger partial charge >= 0.3 is 0 Å². The molecule has 2 heterocycles. The third-order valence-electron chi connectivity index (χ3n) is 5.69. The molecule has 27 heavy (non-hydrogen) atoms. The van der Waals surface area contributed by atoms with Gasteiger partial charge in [-0.3, -0.25) is 4.79 Å². The van der Waals surface area contributed by atoms with Gasteiger partial charge in [0.2, 0.25) is 0 Å². The molecule has 3 nitrogen and oxygen atoms in total. The summed E-state index contributed by atoms with van der Waals surface area (Å²) in [5.41, 5.74) is 6.07. The Hall–Kier alpha value is -2.00. The number of benzene rings is 1. The fourth-order valence-electron chi connectivity index (χ4n) is 4.29. The van der Waals surface area contributed by atoms with E-state index in [4.69, 9.17) is 16.0 Å². The number of amides is 1. The van der Waals surface area contributed by atoms with Crippen LogP contribution in [0.25, 0.3) is 11.6 Å². The SMILES string of the molecule is CCCCCc1c(C=C2C(=O)Nc3c(C)cc(Cl)cc32)oc2c1CCCC2. The molecule has 1 aromatic heterocycles. The second-order valence-electron chi connectivity index (χ2n) is 7.67. The molecule has 0 saturated heterocycles. The molecule has 1 aliphatic carbocycles. The van der Waals surface area contributed by atoms with Crippen molar-refractivity contribution in [2.75, 3.05) is 5.32 Å². The summed E-state index contributed by atoms with van der Waals surface area (Å²) in [4.78, 5) is 12.6. The number of fused-ring (bicyclic) bond motifs is 2. The van der Waals surface area contributed by atoms with Crippen molar-refractivity contribution in [1.29, 1.82) is 0 Å². The number of carbonyl (C=O) groups is 1. The summed E-state index contributed by atoms with van der Waals surface area (Å²) < 4.78 is 6.26. The van der Waals surface area contributed by atoms with Gasteiger partial charge in [-0.25, -0.2) is 0 Å². The van der Waals surface area contributed by atoms with E-state index in [1.54, 1.807) is 0 Å². The third kappa shape index (κ3) is 3.45. The molecule has 142 valence electrons. The Morgan fingerprint density at radius 1 is 1.22 bits per heavy atom. The lowest BCUT2D eigenvalue weighted by atomic mass is 9.91. The molecule has 1 N–H and O–H groups in total. The number of carbonyl (C=O) groups excluding carboxylic acids is 1. The van der Waals surface area contributed by atoms with Crippen molar-refractivity contribution >= 4 is 34.8 Å². The molecule has 4 rings (SSSR count). The molecule has 0 bridgehead atoms. The highest BCUT2D eigenvalue weighted by atomic mass is 35.5. The highest BCUT2D eigenvalue weighted by Gasteiger charge is 2.28. The lowest BCUT2D eigenvalue weighted by Crippen LogP contribution is -2.04. The molecule has 4 heteroatoms. The maximum Gasteiger partial charge on any atom is 0.256 e. The number of unbranched alkanes of at least 4 members (excludes halogenated alkanes) is 2. The summed E-state index contributed by atoms with van der Waals surface area (Å²) in [5.74, 6) is 1.92. The van der Waals surface area contributed by atoms with E-state index in [0.29, 0.717) is 10.6 Å². The van der Waals surface area contributed by atoms with Crippen LogP contribution in [0.1, 0.15) is 72.8 Å². The van der Waals surface area contributed by atoms with Gasteiger partial charge in [0.05, 0.1) is 11.3 Å². The second-order valence-corrected chi connectivity index (χ2v) is 8.10. The van der Waals surface area contributed by atoms with Crippen LogP contribution in [0.15, 0.2) is 16.5 Å². The average molecular weight is 384 g/mol. The number of anilines is 1. The monoisotopic (exact) mass is 383 g/mol. The molecule has 0 fully saturated rings. The first kappa shape index (κ1) is 18.4. The first-order valence-electron chi connectivity index (χ1n) is 10.1. The van der Waals surface area contributed by atoms with E-state index in [2.05, 4.69) is 12.2 Å². The minimum Gasteiger partial charge on any atom is -0.461 e. The normalized spacial score (nSPS) is 17.1. The molecule has 2 aromatic rings. The van der Waals surface area contributed by atoms with Crippen LogP contribution in [-0.2, 0) is 24.1 Å². The molecular weight excluding hydrogens is 358 g/mol. The van der Waals surface area contributed by atoms with Gasteiger partial charge in [0, 0.05) is 22.6 Å². The van der Waals surface area contributed by atoms with Crippen molar-refractivity contribution in [2.24, 2.45) is 0 Å². The zero-order chi connectivity index (χ0) is 19.0. The Morgan fingerprint density at radius 2 is 2.04 bits per heavy atom. The molecular formula is C23H26ClNO2. The van der Waals surface area contributed by atoms with Crippen molar-refractivity contribution in [3.8, 4) is 0 Å². The van der Waals surface area contributed by atoms with Crippen LogP contribution in [0.4, 0.5) is 5.69 Å². The maximum atomic E-state index is 12.6. The third-order valence-corrected chi connectivity index (χ3v) is 5.91. The smallest absolute Gasteiger partial charge is 0.256 e. The second kappa shape index (κ2) is 7.55. The molecule has 0 atom stereocenters. The van der Waals surface area contributed by atoms with Crippen molar-refractivity contribution in [3.63, 3.8) is 0 Å². The van der Waals surface area contributed by atoms with E-state index in [0.717, 1.165) is 54.0 Å². The molecule has 0 unspecified atom stereocenters. The van der Waals surface area contributed by atoms with Gasteiger partial charge in [0.25, 0.3) is 5.91 Å². The fraction of sp³-hybridized carbons (Fsp3) is 0.435. The first-order chi connectivity index (χ1) is 13.1. The van der Waals surface area contributed by atoms with Crippen LogP contribution < -0.4 is 5.32 Å². The molecule has 0 radical (unpaired) electrons. The van der Waals surface area contributed by atoms with Gasteiger partial charge in [-0.1, -0.05) is 31.4 Å². The quantitative estimate of drug-likeness (QED) is 0.483. The van der Waals surface area contributed by atoms with E-state index in [1.807, 2.05) is 25.1 Å². The van der Waals surface area contributed by atoms with Gasteiger partial charge in [-0.15, -0.1) is 0 Å². The zero-order valence-electron chi connectivity index (χ0n) is 16.1. The largest absolute Gasteiger partial charge is 0.461 e. The van der Waals surface area contributed by atoms with Crippen molar-refractivity contribution in [2.45, 2.75) is 65.2 Å². The minimum absolute atomic E-state index is 0.0794. The number of furan rings is 1. The van der Waals surface area contributed by atoms with E-state index in [9.17, 15) is 4.79 Å². The maximum absolute atomic E-state index is 12.6. The Kier molecular flexibility index (Phi) is 5.14. The Labute approximate surface area is 165 Å². The first-order valence-corrected chi connectivity index (χ1v) is 10.4. The lowest BCUT2D eigenvalue weighted by Gasteiger charge is -2.10. The highest BCUT2D eigenvalue weighted by Crippen LogP contribution is 2.39. The van der Waals surface area contributed by atoms with Crippen LogP contribution in [0.5, 0.6) is 0 Å². The van der Waals surface area contributed by atoms with Crippen molar-refractivity contribution < 1.29 is 9.21 Å².